The van der Waals surface area contributed by atoms with Gasteiger partial charge in [-0.25, -0.2) is 4.98 Å². The van der Waals surface area contributed by atoms with Crippen LogP contribution in [0.15, 0.2) is 35.6 Å². The summed E-state index contributed by atoms with van der Waals surface area (Å²) < 4.78 is 6.25. The molecule has 3 aliphatic rings. The van der Waals surface area contributed by atoms with Crippen LogP contribution in [0.4, 0.5) is 0 Å². The molecule has 1 N–H and O–H groups in total. The number of H-pyrrole nitrogens is 1. The van der Waals surface area contributed by atoms with Crippen LogP contribution in [-0.4, -0.2) is 46.1 Å². The third-order valence-electron chi connectivity index (χ3n) is 6.20. The summed E-state index contributed by atoms with van der Waals surface area (Å²) in [5, 5.41) is 10.8. The van der Waals surface area contributed by atoms with Crippen LogP contribution in [-0.2, 0) is 16.0 Å². The fourth-order valence-corrected chi connectivity index (χ4v) is 4.23. The normalized spacial score (nSPS) is 20.5. The second-order valence-electron chi connectivity index (χ2n) is 8.36. The van der Waals surface area contributed by atoms with E-state index in [1.54, 1.807) is 18.1 Å². The molecule has 1 unspecified atom stereocenters. The second kappa shape index (κ2) is 7.68. The van der Waals surface area contributed by atoms with E-state index in [1.807, 2.05) is 24.4 Å². The van der Waals surface area contributed by atoms with Crippen molar-refractivity contribution in [2.24, 2.45) is 16.8 Å². The first-order valence-electron chi connectivity index (χ1n) is 10.6. The molecule has 1 aromatic carbocycles. The molecule has 1 aliphatic carbocycles. The van der Waals surface area contributed by atoms with E-state index in [-0.39, 0.29) is 24.7 Å². The van der Waals surface area contributed by atoms with Crippen molar-refractivity contribution >= 4 is 34.2 Å². The number of aliphatic imine (C=N–C) groups is 1. The fraction of sp³-hybridized carbons (Fsp3) is 0.391. The highest BCUT2D eigenvalue weighted by atomic mass is 16.5. The van der Waals surface area contributed by atoms with E-state index < -0.39 is 5.97 Å². The molecule has 160 valence electrons. The molecule has 0 bridgehead atoms. The third kappa shape index (κ3) is 3.62. The van der Waals surface area contributed by atoms with Crippen LogP contribution in [0, 0.1) is 11.8 Å². The van der Waals surface area contributed by atoms with Gasteiger partial charge >= 0.3 is 0 Å². The number of aryl methyl sites for hydroxylation is 1. The molecule has 1 saturated carbocycles. The molecule has 3 heterocycles. The van der Waals surface area contributed by atoms with E-state index in [1.165, 1.54) is 19.3 Å². The molecule has 2 aromatic rings. The number of ether oxygens (including phenoxy) is 1. The van der Waals surface area contributed by atoms with Crippen LogP contribution >= 0.6 is 0 Å². The first-order valence-corrected chi connectivity index (χ1v) is 10.6. The Balaban J connectivity index is 1.56. The predicted octanol–water partition coefficient (Wildman–Crippen LogP) is 1.82. The number of carboxylic acids is 1. The predicted molar refractivity (Wildman–Crippen MR) is 113 cm³/mol. The van der Waals surface area contributed by atoms with Gasteiger partial charge in [-0.05, 0) is 36.8 Å². The molecule has 1 aromatic heterocycles. The first kappa shape index (κ1) is 19.5. The number of fused-ring (bicyclic) bond motifs is 2. The lowest BCUT2D eigenvalue weighted by Crippen LogP contribution is -2.37. The van der Waals surface area contributed by atoms with Crippen molar-refractivity contribution in [2.45, 2.75) is 32.1 Å². The van der Waals surface area contributed by atoms with Gasteiger partial charge in [0.25, 0.3) is 5.91 Å². The molecule has 0 spiro atoms. The van der Waals surface area contributed by atoms with Crippen LogP contribution in [0.1, 0.15) is 37.1 Å². The number of imidazole rings is 1. The molecule has 1 fully saturated rings. The number of rotatable bonds is 7. The highest BCUT2D eigenvalue weighted by Crippen LogP contribution is 2.40. The molecule has 0 radical (unpaired) electrons. The molecular formula is C23H23N4O4-. The zero-order valence-electron chi connectivity index (χ0n) is 17.3. The Morgan fingerprint density at radius 1 is 1.35 bits per heavy atom. The number of hydrogen-bond donors (Lipinski definition) is 1. The number of benzene rings is 1. The number of carbonyl (C=O) groups is 2. The molecule has 5 rings (SSSR count). The van der Waals surface area contributed by atoms with Crippen molar-refractivity contribution in [3.8, 4) is 5.75 Å². The number of carbonyl (C=O) groups excluding carboxylic acids is 2. The average Bonchev–Trinajstić information content (AvgIpc) is 3.34. The average molecular weight is 419 g/mol. The van der Waals surface area contributed by atoms with E-state index in [2.05, 4.69) is 15.0 Å². The molecule has 1 amide bonds. The van der Waals surface area contributed by atoms with Gasteiger partial charge in [-0.15, -0.1) is 0 Å². The number of hydrogen-bond acceptors (Lipinski definition) is 6. The van der Waals surface area contributed by atoms with Crippen molar-refractivity contribution in [3.63, 3.8) is 0 Å². The van der Waals surface area contributed by atoms with Crippen molar-refractivity contribution in [3.05, 3.63) is 42.0 Å². The van der Waals surface area contributed by atoms with E-state index >= 15 is 0 Å². The minimum Gasteiger partial charge on any atom is -0.550 e. The summed E-state index contributed by atoms with van der Waals surface area (Å²) in [7, 11) is 1.72. The van der Waals surface area contributed by atoms with E-state index in [0.717, 1.165) is 22.2 Å². The van der Waals surface area contributed by atoms with E-state index in [4.69, 9.17) is 4.74 Å². The second-order valence-corrected chi connectivity index (χ2v) is 8.36. The maximum Gasteiger partial charge on any atom is 0.272 e. The summed E-state index contributed by atoms with van der Waals surface area (Å²) in [6.45, 7) is 0.643. The lowest BCUT2D eigenvalue weighted by molar-refractivity contribution is -0.305. The number of nitrogens with zero attached hydrogens (tertiary/aromatic N) is 3. The number of nitrogens with one attached hydrogen (secondary N) is 1. The Kier molecular flexibility index (Phi) is 4.84. The number of carboxylic acid groups (broad SMARTS) is 1. The van der Waals surface area contributed by atoms with Gasteiger partial charge in [0.05, 0.1) is 23.6 Å². The van der Waals surface area contributed by atoms with Crippen molar-refractivity contribution in [2.75, 3.05) is 13.7 Å². The maximum absolute atomic E-state index is 12.5. The molecule has 8 heteroatoms. The maximum atomic E-state index is 12.5. The van der Waals surface area contributed by atoms with E-state index in [0.29, 0.717) is 29.8 Å². The summed E-state index contributed by atoms with van der Waals surface area (Å²) in [5.74, 6) is 0.441. The van der Waals surface area contributed by atoms with Gasteiger partial charge in [0, 0.05) is 43.5 Å². The van der Waals surface area contributed by atoms with Crippen LogP contribution in [0.2, 0.25) is 0 Å². The van der Waals surface area contributed by atoms with Crippen LogP contribution in [0.3, 0.4) is 0 Å². The van der Waals surface area contributed by atoms with Gasteiger partial charge in [-0.3, -0.25) is 9.79 Å². The molecule has 0 saturated heterocycles. The number of aliphatic carboxylic acids is 1. The fourth-order valence-electron chi connectivity index (χ4n) is 4.23. The Bertz CT molecular complexity index is 1160. The quantitative estimate of drug-likeness (QED) is 0.736. The lowest BCUT2D eigenvalue weighted by Gasteiger charge is -2.29. The number of aromatic nitrogens is 2. The largest absolute Gasteiger partial charge is 0.550 e. The zero-order valence-corrected chi connectivity index (χ0v) is 17.3. The van der Waals surface area contributed by atoms with Crippen LogP contribution in [0.5, 0.6) is 5.75 Å². The van der Waals surface area contributed by atoms with Gasteiger partial charge in [-0.2, -0.15) is 0 Å². The molecule has 31 heavy (non-hydrogen) atoms. The molecule has 8 nitrogen and oxygen atoms in total. The van der Waals surface area contributed by atoms with Gasteiger partial charge in [-0.1, -0.05) is 12.5 Å². The topological polar surface area (TPSA) is 111 Å². The molecular weight excluding hydrogens is 396 g/mol. The Morgan fingerprint density at radius 3 is 2.94 bits per heavy atom. The highest BCUT2D eigenvalue weighted by molar-refractivity contribution is 6.44. The first-order chi connectivity index (χ1) is 15.0. The molecule has 2 aliphatic heterocycles. The van der Waals surface area contributed by atoms with E-state index in [9.17, 15) is 14.7 Å². The van der Waals surface area contributed by atoms with Gasteiger partial charge in [0.2, 0.25) is 0 Å². The van der Waals surface area contributed by atoms with Crippen molar-refractivity contribution in [1.82, 2.24) is 14.9 Å². The number of aromatic amines is 1. The minimum absolute atomic E-state index is 0.0948. The highest BCUT2D eigenvalue weighted by Gasteiger charge is 2.35. The summed E-state index contributed by atoms with van der Waals surface area (Å²) in [5.41, 5.74) is 3.83. The standard InChI is InChI=1S/C23H24N4O4/c1-27-11-16(14-7-8-24-22(14)23(27)30)15-9-17-18(26-20(25-17)5-6-21(28)29)10-19(15)31-12-13-3-2-4-13/h7-11,13-14H,2-6,12H2,1H3,(H,25,26)(H,28,29)/p-1. The van der Waals surface area contributed by atoms with Crippen LogP contribution in [0.25, 0.3) is 16.6 Å². The minimum atomic E-state index is -1.11. The Hall–Kier alpha value is -3.42. The summed E-state index contributed by atoms with van der Waals surface area (Å²) >= 11 is 0. The number of allylic oxidation sites excluding steroid dienone is 2. The smallest absolute Gasteiger partial charge is 0.272 e. The summed E-state index contributed by atoms with van der Waals surface area (Å²) in [6.07, 6.45) is 9.20. The summed E-state index contributed by atoms with van der Waals surface area (Å²) in [6, 6.07) is 3.87. The van der Waals surface area contributed by atoms with Gasteiger partial charge in [0.1, 0.15) is 17.3 Å². The van der Waals surface area contributed by atoms with Crippen LogP contribution < -0.4 is 9.84 Å². The van der Waals surface area contributed by atoms with Crippen molar-refractivity contribution in [1.29, 1.82) is 0 Å². The third-order valence-corrected chi connectivity index (χ3v) is 6.20. The van der Waals surface area contributed by atoms with Crippen molar-refractivity contribution < 1.29 is 19.4 Å². The monoisotopic (exact) mass is 419 g/mol. The Labute approximate surface area is 179 Å². The Morgan fingerprint density at radius 2 is 2.19 bits per heavy atom. The lowest BCUT2D eigenvalue weighted by atomic mass is 9.85. The zero-order chi connectivity index (χ0) is 21.5. The summed E-state index contributed by atoms with van der Waals surface area (Å²) in [4.78, 5) is 36.9. The molecule has 1 atom stereocenters. The SMILES string of the molecule is CN1C=C(c2cc3[nH]c(CCC(=O)[O-])nc3cc2OCC2CCC2)C2C=CN=C2C1=O. The van der Waals surface area contributed by atoms with Gasteiger partial charge in [0.15, 0.2) is 0 Å². The van der Waals surface area contributed by atoms with Gasteiger partial charge < -0.3 is 24.5 Å². The number of amides is 1.